The molecule has 0 radical (unpaired) electrons. The monoisotopic (exact) mass is 353 g/mol. The van der Waals surface area contributed by atoms with Crippen LogP contribution >= 0.6 is 0 Å². The highest BCUT2D eigenvalue weighted by Gasteiger charge is 2.20. The third-order valence-electron chi connectivity index (χ3n) is 5.50. The number of unbranched alkanes of at least 4 members (excludes halogenated alkanes) is 11. The van der Waals surface area contributed by atoms with Crippen LogP contribution < -0.4 is 11.1 Å². The molecule has 0 aliphatic carbocycles. The van der Waals surface area contributed by atoms with Crippen molar-refractivity contribution >= 4 is 5.91 Å². The molecule has 0 saturated carbocycles. The summed E-state index contributed by atoms with van der Waals surface area (Å²) >= 11 is 0. The van der Waals surface area contributed by atoms with Crippen molar-refractivity contribution in [3.8, 4) is 0 Å². The molecule has 25 heavy (non-hydrogen) atoms. The highest BCUT2D eigenvalue weighted by Crippen LogP contribution is 2.15. The van der Waals surface area contributed by atoms with Gasteiger partial charge in [-0.3, -0.25) is 4.79 Å². The second kappa shape index (κ2) is 15.6. The summed E-state index contributed by atoms with van der Waals surface area (Å²) in [5.41, 5.74) is 5.61. The van der Waals surface area contributed by atoms with Gasteiger partial charge < -0.3 is 16.0 Å². The highest BCUT2D eigenvalue weighted by atomic mass is 16.1. The van der Waals surface area contributed by atoms with Crippen LogP contribution in [0, 0.1) is 5.92 Å². The molecule has 1 aliphatic heterocycles. The van der Waals surface area contributed by atoms with E-state index in [1.807, 2.05) is 0 Å². The van der Waals surface area contributed by atoms with Gasteiger partial charge in [0.05, 0.1) is 5.92 Å². The minimum atomic E-state index is -0.110. The Balaban J connectivity index is 1.93. The summed E-state index contributed by atoms with van der Waals surface area (Å²) in [7, 11) is 0. The third kappa shape index (κ3) is 12.4. The van der Waals surface area contributed by atoms with Gasteiger partial charge in [-0.05, 0) is 6.42 Å². The molecule has 0 spiro atoms. The van der Waals surface area contributed by atoms with Gasteiger partial charge in [0.2, 0.25) is 5.91 Å². The zero-order valence-electron chi connectivity index (χ0n) is 16.7. The second-order valence-electron chi connectivity index (χ2n) is 7.83. The van der Waals surface area contributed by atoms with Gasteiger partial charge in [-0.1, -0.05) is 84.0 Å². The molecule has 1 aliphatic rings. The van der Waals surface area contributed by atoms with Crippen LogP contribution in [0.1, 0.15) is 90.4 Å². The fourth-order valence-electron chi connectivity index (χ4n) is 3.76. The number of carbonyl (C=O) groups excluding carboxylic acids is 1. The number of rotatable bonds is 16. The smallest absolute Gasteiger partial charge is 0.221 e. The van der Waals surface area contributed by atoms with Crippen molar-refractivity contribution in [1.82, 2.24) is 10.2 Å². The van der Waals surface area contributed by atoms with Crippen LogP contribution in [-0.4, -0.2) is 43.5 Å². The molecule has 0 aromatic carbocycles. The van der Waals surface area contributed by atoms with Gasteiger partial charge in [-0.2, -0.15) is 0 Å². The zero-order chi connectivity index (χ0) is 18.2. The Morgan fingerprint density at radius 2 is 1.36 bits per heavy atom. The maximum atomic E-state index is 11.7. The summed E-state index contributed by atoms with van der Waals surface area (Å²) in [6.45, 7) is 7.28. The molecule has 1 fully saturated rings. The standard InChI is InChI=1S/C21H43N3O/c1-2-3-4-5-6-7-8-9-10-11-12-13-14-20(21(22)25)19-24-17-15-23-16-18-24/h20,23H,2-19H2,1H3,(H2,22,25). The Hall–Kier alpha value is -0.610. The van der Waals surface area contributed by atoms with Crippen LogP contribution in [0.15, 0.2) is 0 Å². The molecule has 0 bridgehead atoms. The van der Waals surface area contributed by atoms with E-state index in [0.29, 0.717) is 0 Å². The largest absolute Gasteiger partial charge is 0.369 e. The molecule has 0 aromatic rings. The summed E-state index contributed by atoms with van der Waals surface area (Å²) in [5, 5.41) is 3.35. The first-order valence-corrected chi connectivity index (χ1v) is 11.0. The number of hydrogen-bond acceptors (Lipinski definition) is 3. The predicted molar refractivity (Wildman–Crippen MR) is 108 cm³/mol. The van der Waals surface area contributed by atoms with Gasteiger partial charge in [0, 0.05) is 32.7 Å². The first-order valence-electron chi connectivity index (χ1n) is 11.0. The van der Waals surface area contributed by atoms with Gasteiger partial charge in [-0.25, -0.2) is 0 Å². The van der Waals surface area contributed by atoms with E-state index in [4.69, 9.17) is 5.73 Å². The van der Waals surface area contributed by atoms with Gasteiger partial charge in [0.1, 0.15) is 0 Å². The van der Waals surface area contributed by atoms with Crippen LogP contribution in [0.3, 0.4) is 0 Å². The van der Waals surface area contributed by atoms with E-state index in [-0.39, 0.29) is 11.8 Å². The zero-order valence-corrected chi connectivity index (χ0v) is 16.7. The van der Waals surface area contributed by atoms with Crippen LogP contribution in [0.25, 0.3) is 0 Å². The van der Waals surface area contributed by atoms with E-state index in [2.05, 4.69) is 17.1 Å². The lowest BCUT2D eigenvalue weighted by Crippen LogP contribution is -2.47. The summed E-state index contributed by atoms with van der Waals surface area (Å²) in [6, 6.07) is 0. The second-order valence-corrected chi connectivity index (χ2v) is 7.83. The molecule has 4 heteroatoms. The molecule has 1 heterocycles. The van der Waals surface area contributed by atoms with E-state index in [1.165, 1.54) is 70.6 Å². The number of primary amides is 1. The lowest BCUT2D eigenvalue weighted by Gasteiger charge is -2.29. The van der Waals surface area contributed by atoms with Crippen molar-refractivity contribution in [1.29, 1.82) is 0 Å². The van der Waals surface area contributed by atoms with Crippen molar-refractivity contribution in [2.75, 3.05) is 32.7 Å². The Bertz CT molecular complexity index is 316. The maximum Gasteiger partial charge on any atom is 0.221 e. The number of amides is 1. The minimum Gasteiger partial charge on any atom is -0.369 e. The van der Waals surface area contributed by atoms with E-state index >= 15 is 0 Å². The first kappa shape index (κ1) is 22.4. The third-order valence-corrected chi connectivity index (χ3v) is 5.50. The minimum absolute atomic E-state index is 0.0428. The van der Waals surface area contributed by atoms with Gasteiger partial charge in [-0.15, -0.1) is 0 Å². The van der Waals surface area contributed by atoms with E-state index in [0.717, 1.165) is 45.6 Å². The summed E-state index contributed by atoms with van der Waals surface area (Å²) in [6.07, 6.45) is 17.3. The average molecular weight is 354 g/mol. The predicted octanol–water partition coefficient (Wildman–Crippen LogP) is 4.08. The molecule has 1 saturated heterocycles. The van der Waals surface area contributed by atoms with Crippen LogP contribution in [0.4, 0.5) is 0 Å². The normalized spacial score (nSPS) is 16.8. The molecule has 148 valence electrons. The van der Waals surface area contributed by atoms with Gasteiger partial charge in [0.25, 0.3) is 0 Å². The number of nitrogens with two attached hydrogens (primary N) is 1. The average Bonchev–Trinajstić information content (AvgIpc) is 2.62. The SMILES string of the molecule is CCCCCCCCCCCCCCC(CN1CCNCC1)C(N)=O. The van der Waals surface area contributed by atoms with Crippen LogP contribution in [0.5, 0.6) is 0 Å². The lowest BCUT2D eigenvalue weighted by molar-refractivity contribution is -0.122. The highest BCUT2D eigenvalue weighted by molar-refractivity contribution is 5.76. The fourth-order valence-corrected chi connectivity index (χ4v) is 3.76. The van der Waals surface area contributed by atoms with Crippen molar-refractivity contribution in [2.45, 2.75) is 90.4 Å². The Labute approximate surface area is 156 Å². The van der Waals surface area contributed by atoms with Gasteiger partial charge >= 0.3 is 0 Å². The first-order chi connectivity index (χ1) is 12.2. The number of hydrogen-bond donors (Lipinski definition) is 2. The van der Waals surface area contributed by atoms with Crippen LogP contribution in [0.2, 0.25) is 0 Å². The maximum absolute atomic E-state index is 11.7. The van der Waals surface area contributed by atoms with Crippen molar-refractivity contribution in [3.63, 3.8) is 0 Å². The summed E-state index contributed by atoms with van der Waals surface area (Å²) < 4.78 is 0. The van der Waals surface area contributed by atoms with Gasteiger partial charge in [0.15, 0.2) is 0 Å². The molecule has 1 amide bonds. The number of carbonyl (C=O) groups is 1. The Morgan fingerprint density at radius 1 is 0.880 bits per heavy atom. The molecule has 1 atom stereocenters. The molecule has 0 aromatic heterocycles. The van der Waals surface area contributed by atoms with E-state index < -0.39 is 0 Å². The van der Waals surface area contributed by atoms with Crippen LogP contribution in [-0.2, 0) is 4.79 Å². The number of nitrogens with one attached hydrogen (secondary N) is 1. The van der Waals surface area contributed by atoms with Crippen molar-refractivity contribution in [2.24, 2.45) is 11.7 Å². The van der Waals surface area contributed by atoms with E-state index in [1.54, 1.807) is 0 Å². The topological polar surface area (TPSA) is 58.4 Å². The summed E-state index contributed by atoms with van der Waals surface area (Å²) in [4.78, 5) is 14.1. The number of piperazine rings is 1. The van der Waals surface area contributed by atoms with E-state index in [9.17, 15) is 4.79 Å². The molecular formula is C21H43N3O. The molecule has 1 rings (SSSR count). The summed E-state index contributed by atoms with van der Waals surface area (Å²) in [5.74, 6) is -0.0668. The quantitative estimate of drug-likeness (QED) is 0.411. The lowest BCUT2D eigenvalue weighted by atomic mass is 9.98. The van der Waals surface area contributed by atoms with Crippen molar-refractivity contribution in [3.05, 3.63) is 0 Å². The molecule has 3 N–H and O–H groups in total. The number of nitrogens with zero attached hydrogens (tertiary/aromatic N) is 1. The molecular weight excluding hydrogens is 310 g/mol. The Morgan fingerprint density at radius 3 is 1.84 bits per heavy atom. The molecule has 4 nitrogen and oxygen atoms in total. The fraction of sp³-hybridized carbons (Fsp3) is 0.952. The Kier molecular flexibility index (Phi) is 14.0. The molecule has 1 unspecified atom stereocenters. The van der Waals surface area contributed by atoms with Crippen molar-refractivity contribution < 1.29 is 4.79 Å².